The van der Waals surface area contributed by atoms with Crippen LogP contribution in [0.25, 0.3) is 11.6 Å². The first-order valence-corrected chi connectivity index (χ1v) is 11.9. The van der Waals surface area contributed by atoms with E-state index in [-0.39, 0.29) is 5.41 Å². The topological polar surface area (TPSA) is 63.8 Å². The van der Waals surface area contributed by atoms with Crippen molar-refractivity contribution in [3.63, 3.8) is 0 Å². The fourth-order valence-electron chi connectivity index (χ4n) is 5.37. The van der Waals surface area contributed by atoms with Gasteiger partial charge in [-0.05, 0) is 66.0 Å². The molecule has 4 heteroatoms. The second kappa shape index (κ2) is 7.00. The van der Waals surface area contributed by atoms with E-state index in [9.17, 15) is 0 Å². The van der Waals surface area contributed by atoms with Crippen LogP contribution in [-0.2, 0) is 5.41 Å². The van der Waals surface area contributed by atoms with Crippen LogP contribution in [0.2, 0.25) is 0 Å². The van der Waals surface area contributed by atoms with Gasteiger partial charge in [0.05, 0.1) is 17.4 Å². The zero-order valence-electron chi connectivity index (χ0n) is 18.4. The molecule has 33 heavy (non-hydrogen) atoms. The highest BCUT2D eigenvalue weighted by molar-refractivity contribution is 5.75. The molecule has 162 valence electrons. The summed E-state index contributed by atoms with van der Waals surface area (Å²) in [7, 11) is 0. The van der Waals surface area contributed by atoms with E-state index in [0.29, 0.717) is 17.7 Å². The van der Waals surface area contributed by atoms with Crippen molar-refractivity contribution in [3.05, 3.63) is 113 Å². The van der Waals surface area contributed by atoms with Crippen LogP contribution in [0, 0.1) is 17.8 Å². The van der Waals surface area contributed by atoms with Gasteiger partial charge in [-0.3, -0.25) is 0 Å². The second-order valence-corrected chi connectivity index (χ2v) is 9.83. The van der Waals surface area contributed by atoms with Gasteiger partial charge in [0, 0.05) is 16.8 Å². The molecule has 5 unspecified atom stereocenters. The Balaban J connectivity index is 1.27. The van der Waals surface area contributed by atoms with Gasteiger partial charge in [-0.1, -0.05) is 66.8 Å². The summed E-state index contributed by atoms with van der Waals surface area (Å²) >= 11 is 0. The highest BCUT2D eigenvalue weighted by Crippen LogP contribution is 2.57. The summed E-state index contributed by atoms with van der Waals surface area (Å²) in [5.74, 6) is 2.60. The number of nitrogens with two attached hydrogens (primary N) is 1. The molecule has 0 spiro atoms. The molecule has 5 atom stereocenters. The maximum atomic E-state index is 6.69. The first kappa shape index (κ1) is 19.0. The Kier molecular flexibility index (Phi) is 4.03. The zero-order valence-corrected chi connectivity index (χ0v) is 18.4. The average molecular weight is 431 g/mol. The lowest BCUT2D eigenvalue weighted by Crippen LogP contribution is -2.19. The van der Waals surface area contributed by atoms with Gasteiger partial charge in [0.15, 0.2) is 0 Å². The lowest BCUT2D eigenvalue weighted by atomic mass is 9.93. The number of para-hydroxylation sites is 1. The van der Waals surface area contributed by atoms with Crippen molar-refractivity contribution >= 4 is 17.3 Å². The summed E-state index contributed by atoms with van der Waals surface area (Å²) in [5, 5.41) is 3.48. The molecular formula is C29H26N4. The second-order valence-electron chi connectivity index (χ2n) is 9.83. The minimum Gasteiger partial charge on any atom is -0.355 e. The van der Waals surface area contributed by atoms with E-state index >= 15 is 0 Å². The summed E-state index contributed by atoms with van der Waals surface area (Å²) in [5.41, 5.74) is 13.2. The van der Waals surface area contributed by atoms with Crippen LogP contribution in [0.3, 0.4) is 0 Å². The first-order chi connectivity index (χ1) is 16.2. The molecule has 1 aliphatic heterocycles. The summed E-state index contributed by atoms with van der Waals surface area (Å²) in [6.07, 6.45) is 24.4. The largest absolute Gasteiger partial charge is 0.355 e. The molecule has 0 amide bonds. The van der Waals surface area contributed by atoms with Crippen molar-refractivity contribution < 1.29 is 0 Å². The highest BCUT2D eigenvalue weighted by Gasteiger charge is 2.54. The molecule has 0 saturated heterocycles. The van der Waals surface area contributed by atoms with E-state index in [1.165, 1.54) is 17.6 Å². The molecule has 0 bridgehead atoms. The Morgan fingerprint density at radius 2 is 2.00 bits per heavy atom. The number of anilines is 1. The monoisotopic (exact) mass is 430 g/mol. The first-order valence-electron chi connectivity index (χ1n) is 11.9. The molecule has 5 aliphatic rings. The van der Waals surface area contributed by atoms with Crippen LogP contribution in [0.1, 0.15) is 41.7 Å². The molecule has 7 rings (SSSR count). The van der Waals surface area contributed by atoms with Crippen molar-refractivity contribution in [2.75, 3.05) is 5.32 Å². The van der Waals surface area contributed by atoms with E-state index in [2.05, 4.69) is 78.2 Å². The lowest BCUT2D eigenvalue weighted by molar-refractivity contribution is 0.722. The number of aromatic nitrogens is 2. The molecule has 1 aromatic heterocycles. The van der Waals surface area contributed by atoms with Gasteiger partial charge in [-0.15, -0.1) is 0 Å². The molecule has 2 fully saturated rings. The SMILES string of the molecule is NC(/C=C1/C=Cc2ccccc2N1)c1nc(C2=CC3CC3C=C2)cc(C23C=CC=CC2C3)n1. The lowest BCUT2D eigenvalue weighted by Gasteiger charge is -2.20. The standard InChI is InChI=1S/C29H26N4/c30-24(15-23-11-10-18-5-1-2-7-25(18)31-23)28-32-26(20-9-8-19-13-21(19)14-20)16-27(33-28)29-12-4-3-6-22(29)17-29/h1-12,14-16,19,21-22,24,31H,13,17,30H2/b23-15-. The molecule has 1 aromatic carbocycles. The van der Waals surface area contributed by atoms with Crippen molar-refractivity contribution in [2.24, 2.45) is 23.5 Å². The summed E-state index contributed by atoms with van der Waals surface area (Å²) < 4.78 is 0. The molecular weight excluding hydrogens is 404 g/mol. The van der Waals surface area contributed by atoms with Crippen molar-refractivity contribution in [3.8, 4) is 0 Å². The van der Waals surface area contributed by atoms with Gasteiger partial charge in [-0.2, -0.15) is 0 Å². The van der Waals surface area contributed by atoms with Gasteiger partial charge in [0.1, 0.15) is 5.82 Å². The van der Waals surface area contributed by atoms with Crippen LogP contribution >= 0.6 is 0 Å². The molecule has 2 aromatic rings. The Morgan fingerprint density at radius 3 is 2.91 bits per heavy atom. The minimum atomic E-state index is -0.403. The normalized spacial score (nSPS) is 31.8. The van der Waals surface area contributed by atoms with E-state index in [1.807, 2.05) is 18.2 Å². The molecule has 3 N–H and O–H groups in total. The zero-order chi connectivity index (χ0) is 22.0. The molecule has 2 heterocycles. The van der Waals surface area contributed by atoms with E-state index in [0.717, 1.165) is 35.1 Å². The van der Waals surface area contributed by atoms with E-state index in [1.54, 1.807) is 0 Å². The average Bonchev–Trinajstić information content (AvgIpc) is 3.77. The summed E-state index contributed by atoms with van der Waals surface area (Å²) in [6.45, 7) is 0. The smallest absolute Gasteiger partial charge is 0.149 e. The van der Waals surface area contributed by atoms with E-state index in [4.69, 9.17) is 15.7 Å². The van der Waals surface area contributed by atoms with E-state index < -0.39 is 6.04 Å². The quantitative estimate of drug-likeness (QED) is 0.675. The number of allylic oxidation sites excluding steroid dienone is 9. The van der Waals surface area contributed by atoms with Crippen LogP contribution in [-0.4, -0.2) is 9.97 Å². The van der Waals surface area contributed by atoms with Crippen molar-refractivity contribution in [1.82, 2.24) is 9.97 Å². The summed E-state index contributed by atoms with van der Waals surface area (Å²) in [4.78, 5) is 10.0. The molecule has 0 radical (unpaired) electrons. The Labute approximate surface area is 194 Å². The number of rotatable bonds is 4. The minimum absolute atomic E-state index is 0.00294. The van der Waals surface area contributed by atoms with Gasteiger partial charge in [0.2, 0.25) is 0 Å². The highest BCUT2D eigenvalue weighted by atomic mass is 15.0. The van der Waals surface area contributed by atoms with Crippen molar-refractivity contribution in [2.45, 2.75) is 24.3 Å². The number of benzene rings is 1. The maximum Gasteiger partial charge on any atom is 0.149 e. The predicted molar refractivity (Wildman–Crippen MR) is 133 cm³/mol. The van der Waals surface area contributed by atoms with Crippen LogP contribution in [0.4, 0.5) is 5.69 Å². The third-order valence-electron chi connectivity index (χ3n) is 7.57. The third-order valence-corrected chi connectivity index (χ3v) is 7.57. The summed E-state index contributed by atoms with van der Waals surface area (Å²) in [6, 6.07) is 10.1. The van der Waals surface area contributed by atoms with Crippen LogP contribution in [0.15, 0.2) is 90.7 Å². The number of fused-ring (bicyclic) bond motifs is 3. The fraction of sp³-hybridized carbons (Fsp3) is 0.241. The third kappa shape index (κ3) is 3.25. The van der Waals surface area contributed by atoms with Gasteiger partial charge < -0.3 is 11.1 Å². The predicted octanol–water partition coefficient (Wildman–Crippen LogP) is 5.47. The number of hydrogen-bond donors (Lipinski definition) is 2. The Hall–Kier alpha value is -3.50. The number of hydrogen-bond acceptors (Lipinski definition) is 4. The van der Waals surface area contributed by atoms with Crippen molar-refractivity contribution in [1.29, 1.82) is 0 Å². The fourth-order valence-corrected chi connectivity index (χ4v) is 5.37. The Bertz CT molecular complexity index is 1340. The van der Waals surface area contributed by atoms with Gasteiger partial charge in [0.25, 0.3) is 0 Å². The van der Waals surface area contributed by atoms with Gasteiger partial charge >= 0.3 is 0 Å². The van der Waals surface area contributed by atoms with Crippen LogP contribution in [0.5, 0.6) is 0 Å². The molecule has 4 aliphatic carbocycles. The maximum absolute atomic E-state index is 6.69. The van der Waals surface area contributed by atoms with Gasteiger partial charge in [-0.25, -0.2) is 9.97 Å². The molecule has 4 nitrogen and oxygen atoms in total. The molecule has 2 saturated carbocycles. The number of nitrogens with zero attached hydrogens (tertiary/aromatic N) is 2. The Morgan fingerprint density at radius 1 is 1.06 bits per heavy atom. The number of nitrogens with one attached hydrogen (secondary N) is 1. The van der Waals surface area contributed by atoms with Crippen LogP contribution < -0.4 is 11.1 Å².